The molecule has 1 atom stereocenters. The summed E-state index contributed by atoms with van der Waals surface area (Å²) in [5.41, 5.74) is 27.7. The largest absolute Gasteiger partial charge is 0.305 e. The fourth-order valence-corrected chi connectivity index (χ4v) is 12.7. The molecule has 72 heavy (non-hydrogen) atoms. The second kappa shape index (κ2) is 21.0. The van der Waals surface area contributed by atoms with Gasteiger partial charge < -0.3 is 19.6 Å². The molecule has 8 aromatic carbocycles. The Bertz CT molecular complexity index is 3040. The molecule has 4 nitrogen and oxygen atoms in total. The van der Waals surface area contributed by atoms with E-state index in [9.17, 15) is 0 Å². The molecule has 0 N–H and O–H groups in total. The molecule has 4 aliphatic carbocycles. The Kier molecular flexibility index (Phi) is 15.6. The van der Waals surface area contributed by atoms with Crippen LogP contribution in [0.5, 0.6) is 0 Å². The summed E-state index contributed by atoms with van der Waals surface area (Å²) in [6.07, 6.45) is 1.98. The van der Waals surface area contributed by atoms with Crippen molar-refractivity contribution >= 4 is 0 Å². The van der Waals surface area contributed by atoms with Gasteiger partial charge in [-0.05, 0) is 180 Å². The number of benzene rings is 8. The molecule has 2 spiro atoms. The van der Waals surface area contributed by atoms with Crippen molar-refractivity contribution in [1.82, 2.24) is 19.6 Å². The quantitative estimate of drug-likeness (QED) is 0.150. The Hall–Kier alpha value is -6.40. The van der Waals surface area contributed by atoms with Crippen molar-refractivity contribution in [3.8, 4) is 22.3 Å². The molecule has 4 aliphatic rings. The average Bonchev–Trinajstić information content (AvgIpc) is 3.76. The van der Waals surface area contributed by atoms with E-state index < -0.39 is 0 Å². The van der Waals surface area contributed by atoms with Gasteiger partial charge in [-0.15, -0.1) is 0 Å². The van der Waals surface area contributed by atoms with Crippen LogP contribution in [0.25, 0.3) is 22.3 Å². The second-order valence-corrected chi connectivity index (χ2v) is 21.0. The van der Waals surface area contributed by atoms with E-state index in [1.165, 1.54) is 111 Å². The number of rotatable bonds is 8. The molecule has 372 valence electrons. The Morgan fingerprint density at radius 1 is 0.278 bits per heavy atom. The number of fused-ring (bicyclic) bond motifs is 18. The van der Waals surface area contributed by atoms with E-state index in [2.05, 4.69) is 246 Å². The maximum Gasteiger partial charge on any atom is 0.0719 e. The third-order valence-electron chi connectivity index (χ3n) is 15.0. The molecule has 0 bridgehead atoms. The topological polar surface area (TPSA) is 13.0 Å². The van der Waals surface area contributed by atoms with Crippen LogP contribution in [-0.2, 0) is 49.9 Å². The number of nitrogens with zero attached hydrogens (tertiary/aromatic N) is 4. The molecule has 1 unspecified atom stereocenters. The third kappa shape index (κ3) is 8.66. The van der Waals surface area contributed by atoms with E-state index in [-0.39, 0.29) is 40.5 Å². The van der Waals surface area contributed by atoms with Crippen LogP contribution in [0.3, 0.4) is 0 Å². The maximum absolute atomic E-state index is 2.50. The highest BCUT2D eigenvalue weighted by Crippen LogP contribution is 2.61. The first kappa shape index (κ1) is 53.4. The highest BCUT2D eigenvalue weighted by atomic mass is 15.1. The number of hydrogen-bond donors (Lipinski definition) is 0. The van der Waals surface area contributed by atoms with Crippen LogP contribution < -0.4 is 0 Å². The zero-order valence-electron chi connectivity index (χ0n) is 41.2. The van der Waals surface area contributed by atoms with Crippen molar-refractivity contribution in [2.75, 3.05) is 56.4 Å². The van der Waals surface area contributed by atoms with Crippen molar-refractivity contribution in [2.45, 2.75) is 79.6 Å². The molecule has 0 saturated heterocycles. The van der Waals surface area contributed by atoms with Gasteiger partial charge in [-0.25, -0.2) is 0 Å². The van der Waals surface area contributed by atoms with Crippen LogP contribution >= 0.6 is 0 Å². The van der Waals surface area contributed by atoms with Gasteiger partial charge in [-0.3, -0.25) is 0 Å². The summed E-state index contributed by atoms with van der Waals surface area (Å²) in [5, 5.41) is 0. The van der Waals surface area contributed by atoms with Gasteiger partial charge in [-0.2, -0.15) is 0 Å². The zero-order valence-corrected chi connectivity index (χ0v) is 41.2. The van der Waals surface area contributed by atoms with Crippen molar-refractivity contribution < 1.29 is 0 Å². The van der Waals surface area contributed by atoms with Crippen LogP contribution in [0.4, 0.5) is 0 Å². The Morgan fingerprint density at radius 3 is 0.903 bits per heavy atom. The Labute approximate surface area is 434 Å². The molecule has 0 aromatic heterocycles. The van der Waals surface area contributed by atoms with Gasteiger partial charge >= 0.3 is 0 Å². The van der Waals surface area contributed by atoms with Crippen LogP contribution in [0.1, 0.15) is 119 Å². The molecule has 12 rings (SSSR count). The van der Waals surface area contributed by atoms with Gasteiger partial charge in [-0.1, -0.05) is 200 Å². The fourth-order valence-electron chi connectivity index (χ4n) is 12.7. The number of hydrogen-bond acceptors (Lipinski definition) is 4. The summed E-state index contributed by atoms with van der Waals surface area (Å²) < 4.78 is 0. The van der Waals surface area contributed by atoms with Crippen molar-refractivity contribution in [1.29, 1.82) is 0 Å². The Balaban J connectivity index is 0.000000200. The standard InChI is InChI=1S/2C32H32N2.4CH4/c1-33(2)20-22-13-15-25-19-24-9-5-7-11-28(24)32(30(25)17-22)29-12-8-6-10-26(29)27-16-14-23(18-31(27)32)21-34(3)4;1-33(2)20-22-13-15-26-27-16-14-23(21-34(3)4)18-31(27)32(30(26)17-22)28-11-7-5-9-24(28)19-25-10-6-8-12-29(25)32;;;;/h2*5-18H,19-21H2,1-4H3;4*1H4. The van der Waals surface area contributed by atoms with E-state index in [0.717, 1.165) is 39.0 Å². The lowest BCUT2D eigenvalue weighted by atomic mass is 9.61. The lowest BCUT2D eigenvalue weighted by molar-refractivity contribution is 0.402. The van der Waals surface area contributed by atoms with Crippen molar-refractivity contribution in [2.24, 2.45) is 0 Å². The van der Waals surface area contributed by atoms with Gasteiger partial charge in [0.25, 0.3) is 0 Å². The minimum absolute atomic E-state index is 0. The van der Waals surface area contributed by atoms with Gasteiger partial charge in [0, 0.05) is 26.2 Å². The predicted octanol–water partition coefficient (Wildman–Crippen LogP) is 14.7. The molecule has 0 amide bonds. The molecule has 4 heteroatoms. The van der Waals surface area contributed by atoms with Crippen molar-refractivity contribution in [3.63, 3.8) is 0 Å². The van der Waals surface area contributed by atoms with E-state index >= 15 is 0 Å². The lowest BCUT2D eigenvalue weighted by Crippen LogP contribution is -2.34. The van der Waals surface area contributed by atoms with E-state index in [1.807, 2.05) is 0 Å². The predicted molar refractivity (Wildman–Crippen MR) is 310 cm³/mol. The summed E-state index contributed by atoms with van der Waals surface area (Å²) in [4.78, 5) is 9.04. The molecular formula is C68H80N4. The smallest absolute Gasteiger partial charge is 0.0719 e. The average molecular weight is 953 g/mol. The van der Waals surface area contributed by atoms with Gasteiger partial charge in [0.15, 0.2) is 0 Å². The lowest BCUT2D eigenvalue weighted by Gasteiger charge is -2.40. The summed E-state index contributed by atoms with van der Waals surface area (Å²) in [7, 11) is 17.2. The fraction of sp³-hybridized carbons (Fsp3) is 0.294. The van der Waals surface area contributed by atoms with Crippen LogP contribution in [0.15, 0.2) is 170 Å². The first-order valence-corrected chi connectivity index (χ1v) is 24.4. The van der Waals surface area contributed by atoms with Crippen LogP contribution in [0.2, 0.25) is 0 Å². The molecular weight excluding hydrogens is 873 g/mol. The molecule has 0 fully saturated rings. The SMILES string of the molecule is C.C.C.C.CN(C)Cc1ccc2c(c1)C1(c3ccccc3C2)c2ccccc2-c2ccc(CN(C)C)cc21.CN(C)Cc1ccc2c(c1)C1(c3ccccc3Cc3ccccc31)c1cc(CN(C)C)ccc1-2. The molecule has 8 aromatic rings. The van der Waals surface area contributed by atoms with Gasteiger partial charge in [0.2, 0.25) is 0 Å². The van der Waals surface area contributed by atoms with Crippen LogP contribution in [0, 0.1) is 0 Å². The summed E-state index contributed by atoms with van der Waals surface area (Å²) >= 11 is 0. The van der Waals surface area contributed by atoms with Crippen molar-refractivity contribution in [3.05, 3.63) is 259 Å². The monoisotopic (exact) mass is 953 g/mol. The van der Waals surface area contributed by atoms with Gasteiger partial charge in [0.05, 0.1) is 10.8 Å². The van der Waals surface area contributed by atoms with Crippen LogP contribution in [-0.4, -0.2) is 76.0 Å². The first-order valence-electron chi connectivity index (χ1n) is 24.4. The second-order valence-electron chi connectivity index (χ2n) is 21.0. The minimum atomic E-state index is -0.277. The van der Waals surface area contributed by atoms with E-state index in [0.29, 0.717) is 0 Å². The maximum atomic E-state index is 2.50. The summed E-state index contributed by atoms with van der Waals surface area (Å²) in [6.45, 7) is 3.76. The zero-order chi connectivity index (χ0) is 46.9. The highest BCUT2D eigenvalue weighted by Gasteiger charge is 2.51. The van der Waals surface area contributed by atoms with Gasteiger partial charge in [0.1, 0.15) is 0 Å². The Morgan fingerprint density at radius 2 is 0.542 bits per heavy atom. The normalized spacial score (nSPS) is 15.3. The highest BCUT2D eigenvalue weighted by molar-refractivity contribution is 5.89. The summed E-state index contributed by atoms with van der Waals surface area (Å²) in [6, 6.07) is 65.2. The molecule has 0 heterocycles. The first-order chi connectivity index (χ1) is 33.0. The molecule has 0 radical (unpaired) electrons. The summed E-state index contributed by atoms with van der Waals surface area (Å²) in [5.74, 6) is 0. The van der Waals surface area contributed by atoms with E-state index in [4.69, 9.17) is 0 Å². The third-order valence-corrected chi connectivity index (χ3v) is 15.0. The van der Waals surface area contributed by atoms with E-state index in [1.54, 1.807) is 0 Å². The molecule has 0 saturated carbocycles. The molecule has 0 aliphatic heterocycles. The minimum Gasteiger partial charge on any atom is -0.305 e.